The summed E-state index contributed by atoms with van der Waals surface area (Å²) in [6, 6.07) is 3.39. The van der Waals surface area contributed by atoms with Gasteiger partial charge in [-0.15, -0.1) is 0 Å². The number of hydrogen-bond acceptors (Lipinski definition) is 6. The zero-order valence-electron chi connectivity index (χ0n) is 10.1. The van der Waals surface area contributed by atoms with Crippen LogP contribution < -0.4 is 10.1 Å². The molecule has 0 bridgehead atoms. The highest BCUT2D eigenvalue weighted by Gasteiger charge is 2.20. The van der Waals surface area contributed by atoms with E-state index in [1.165, 1.54) is 12.4 Å². The summed E-state index contributed by atoms with van der Waals surface area (Å²) in [5.74, 6) is -0.380. The SMILES string of the molecule is CNc1cc(Oc2cc(F)c(Br)cc2[N+](=O)[O-])ncn1. The van der Waals surface area contributed by atoms with Gasteiger partial charge >= 0.3 is 5.69 Å². The van der Waals surface area contributed by atoms with Crippen LogP contribution in [-0.4, -0.2) is 21.9 Å². The Kier molecular flexibility index (Phi) is 4.08. The highest BCUT2D eigenvalue weighted by molar-refractivity contribution is 9.10. The molecule has 0 amide bonds. The fourth-order valence-electron chi connectivity index (χ4n) is 1.39. The van der Waals surface area contributed by atoms with Crippen LogP contribution in [0.2, 0.25) is 0 Å². The molecule has 2 aromatic rings. The van der Waals surface area contributed by atoms with Gasteiger partial charge in [0.1, 0.15) is 18.0 Å². The number of halogens is 2. The molecule has 0 saturated carbocycles. The van der Waals surface area contributed by atoms with Crippen LogP contribution >= 0.6 is 15.9 Å². The van der Waals surface area contributed by atoms with Gasteiger partial charge in [-0.05, 0) is 15.9 Å². The average molecular weight is 343 g/mol. The number of benzene rings is 1. The first-order chi connectivity index (χ1) is 9.51. The molecule has 1 N–H and O–H groups in total. The second-order valence-corrected chi connectivity index (χ2v) is 4.44. The Morgan fingerprint density at radius 3 is 2.80 bits per heavy atom. The lowest BCUT2D eigenvalue weighted by Crippen LogP contribution is -1.98. The molecule has 0 aliphatic carbocycles. The summed E-state index contributed by atoms with van der Waals surface area (Å²) in [6.45, 7) is 0. The summed E-state index contributed by atoms with van der Waals surface area (Å²) in [6.07, 6.45) is 1.22. The van der Waals surface area contributed by atoms with Gasteiger partial charge in [0.2, 0.25) is 11.6 Å². The van der Waals surface area contributed by atoms with Crippen LogP contribution in [-0.2, 0) is 0 Å². The minimum atomic E-state index is -0.673. The fourth-order valence-corrected chi connectivity index (χ4v) is 1.72. The highest BCUT2D eigenvalue weighted by Crippen LogP contribution is 2.35. The van der Waals surface area contributed by atoms with Crippen molar-refractivity contribution in [2.45, 2.75) is 0 Å². The molecule has 0 aliphatic rings. The first kappa shape index (κ1) is 14.1. The third-order valence-electron chi connectivity index (χ3n) is 2.31. The van der Waals surface area contributed by atoms with E-state index in [9.17, 15) is 14.5 Å². The molecule has 0 fully saturated rings. The van der Waals surface area contributed by atoms with E-state index in [0.29, 0.717) is 5.82 Å². The molecule has 0 aliphatic heterocycles. The van der Waals surface area contributed by atoms with Gasteiger partial charge in [0.15, 0.2) is 0 Å². The molecule has 20 heavy (non-hydrogen) atoms. The van der Waals surface area contributed by atoms with Gasteiger partial charge in [0.05, 0.1) is 9.40 Å². The quantitative estimate of drug-likeness (QED) is 0.678. The van der Waals surface area contributed by atoms with Crippen LogP contribution in [0, 0.1) is 15.9 Å². The fraction of sp³-hybridized carbons (Fsp3) is 0.0909. The van der Waals surface area contributed by atoms with Crippen molar-refractivity contribution in [2.24, 2.45) is 0 Å². The lowest BCUT2D eigenvalue weighted by Gasteiger charge is -2.07. The number of nitrogens with one attached hydrogen (secondary N) is 1. The molecule has 104 valence electrons. The van der Waals surface area contributed by atoms with Crippen LogP contribution in [0.3, 0.4) is 0 Å². The molecule has 1 heterocycles. The predicted molar refractivity (Wildman–Crippen MR) is 72.4 cm³/mol. The normalized spacial score (nSPS) is 10.2. The van der Waals surface area contributed by atoms with E-state index in [0.717, 1.165) is 12.1 Å². The van der Waals surface area contributed by atoms with Gasteiger partial charge < -0.3 is 10.1 Å². The molecule has 7 nitrogen and oxygen atoms in total. The molecule has 1 aromatic carbocycles. The average Bonchev–Trinajstić information content (AvgIpc) is 2.42. The van der Waals surface area contributed by atoms with Gasteiger partial charge in [0.25, 0.3) is 0 Å². The molecule has 0 spiro atoms. The summed E-state index contributed by atoms with van der Waals surface area (Å²) in [7, 11) is 1.65. The van der Waals surface area contributed by atoms with Crippen molar-refractivity contribution in [3.05, 3.63) is 44.9 Å². The molecule has 2 rings (SSSR count). The van der Waals surface area contributed by atoms with Crippen LogP contribution in [0.4, 0.5) is 15.9 Å². The van der Waals surface area contributed by atoms with E-state index in [1.807, 2.05) is 0 Å². The van der Waals surface area contributed by atoms with Crippen LogP contribution in [0.25, 0.3) is 0 Å². The summed E-state index contributed by atoms with van der Waals surface area (Å²) >= 11 is 2.89. The molecular weight excluding hydrogens is 335 g/mol. The molecule has 0 unspecified atom stereocenters. The highest BCUT2D eigenvalue weighted by atomic mass is 79.9. The van der Waals surface area contributed by atoms with Crippen molar-refractivity contribution in [3.8, 4) is 11.6 Å². The zero-order chi connectivity index (χ0) is 14.7. The second-order valence-electron chi connectivity index (χ2n) is 3.58. The Labute approximate surface area is 121 Å². The van der Waals surface area contributed by atoms with Gasteiger partial charge in [0, 0.05) is 25.2 Å². The third-order valence-corrected chi connectivity index (χ3v) is 2.92. The van der Waals surface area contributed by atoms with E-state index in [2.05, 4.69) is 31.2 Å². The summed E-state index contributed by atoms with van der Waals surface area (Å²) < 4.78 is 18.7. The van der Waals surface area contributed by atoms with Crippen LogP contribution in [0.5, 0.6) is 11.6 Å². The topological polar surface area (TPSA) is 90.2 Å². The third kappa shape index (κ3) is 2.99. The van der Waals surface area contributed by atoms with E-state index < -0.39 is 10.7 Å². The molecule has 0 radical (unpaired) electrons. The van der Waals surface area contributed by atoms with Crippen molar-refractivity contribution in [3.63, 3.8) is 0 Å². The van der Waals surface area contributed by atoms with Crippen molar-refractivity contribution in [1.29, 1.82) is 0 Å². The Morgan fingerprint density at radius 1 is 1.40 bits per heavy atom. The maximum Gasteiger partial charge on any atom is 0.312 e. The lowest BCUT2D eigenvalue weighted by atomic mass is 10.3. The lowest BCUT2D eigenvalue weighted by molar-refractivity contribution is -0.385. The van der Waals surface area contributed by atoms with Crippen molar-refractivity contribution in [1.82, 2.24) is 9.97 Å². The van der Waals surface area contributed by atoms with Gasteiger partial charge in [-0.25, -0.2) is 14.4 Å². The Bertz CT molecular complexity index is 668. The Hall–Kier alpha value is -2.29. The van der Waals surface area contributed by atoms with E-state index in [1.54, 1.807) is 7.05 Å². The number of anilines is 1. The second kappa shape index (κ2) is 5.78. The van der Waals surface area contributed by atoms with Crippen LogP contribution in [0.15, 0.2) is 29.0 Å². The summed E-state index contributed by atoms with van der Waals surface area (Å²) in [5, 5.41) is 13.7. The molecule has 0 atom stereocenters. The summed E-state index contributed by atoms with van der Waals surface area (Å²) in [4.78, 5) is 17.9. The predicted octanol–water partition coefficient (Wildman–Crippen LogP) is 3.12. The minimum absolute atomic E-state index is 0.0184. The standard InChI is InChI=1S/C11H8BrFN4O3/c1-14-10-4-11(16-5-15-10)20-9-3-7(13)6(12)2-8(9)17(18)19/h2-5H,1H3,(H,14,15,16). The van der Waals surface area contributed by atoms with Gasteiger partial charge in [-0.1, -0.05) is 0 Å². The maximum absolute atomic E-state index is 13.5. The van der Waals surface area contributed by atoms with E-state index in [-0.39, 0.29) is 21.8 Å². The largest absolute Gasteiger partial charge is 0.431 e. The van der Waals surface area contributed by atoms with Crippen molar-refractivity contribution >= 4 is 27.4 Å². The Balaban J connectivity index is 2.41. The van der Waals surface area contributed by atoms with E-state index >= 15 is 0 Å². The molecule has 1 aromatic heterocycles. The monoisotopic (exact) mass is 342 g/mol. The first-order valence-electron chi connectivity index (χ1n) is 5.32. The first-order valence-corrected chi connectivity index (χ1v) is 6.11. The number of rotatable bonds is 4. The summed E-state index contributed by atoms with van der Waals surface area (Å²) in [5.41, 5.74) is -0.372. The number of ether oxygens (including phenoxy) is 1. The van der Waals surface area contributed by atoms with E-state index in [4.69, 9.17) is 4.74 Å². The Morgan fingerprint density at radius 2 is 2.15 bits per heavy atom. The van der Waals surface area contributed by atoms with Crippen molar-refractivity contribution < 1.29 is 14.1 Å². The molecule has 9 heteroatoms. The maximum atomic E-state index is 13.5. The van der Waals surface area contributed by atoms with Crippen LogP contribution in [0.1, 0.15) is 0 Å². The minimum Gasteiger partial charge on any atom is -0.431 e. The van der Waals surface area contributed by atoms with Gasteiger partial charge in [-0.3, -0.25) is 10.1 Å². The number of hydrogen-bond donors (Lipinski definition) is 1. The number of nitro groups is 1. The number of nitrogens with zero attached hydrogens (tertiary/aromatic N) is 3. The number of nitro benzene ring substituents is 1. The zero-order valence-corrected chi connectivity index (χ0v) is 11.7. The molecular formula is C11H8BrFN4O3. The van der Waals surface area contributed by atoms with Gasteiger partial charge in [-0.2, -0.15) is 0 Å². The van der Waals surface area contributed by atoms with Crippen molar-refractivity contribution in [2.75, 3.05) is 12.4 Å². The smallest absolute Gasteiger partial charge is 0.312 e. The molecule has 0 saturated heterocycles. The number of aromatic nitrogens is 2.